The largest absolute Gasteiger partial charge is 0.495 e. The van der Waals surface area contributed by atoms with Gasteiger partial charge in [0.2, 0.25) is 0 Å². The number of methoxy groups -OCH3 is 2. The highest BCUT2D eigenvalue weighted by Crippen LogP contribution is 2.41. The number of nitrogens with one attached hydrogen (secondary N) is 1. The van der Waals surface area contributed by atoms with Gasteiger partial charge in [-0.1, -0.05) is 36.4 Å². The quantitative estimate of drug-likeness (QED) is 0.134. The highest BCUT2D eigenvalue weighted by Gasteiger charge is 2.39. The number of nitrogen functional groups attached to an aromatic ring is 1. The van der Waals surface area contributed by atoms with Gasteiger partial charge in [-0.2, -0.15) is 21.6 Å². The molecule has 0 saturated heterocycles. The number of anilines is 2. The summed E-state index contributed by atoms with van der Waals surface area (Å²) in [4.78, 5) is 11.2. The zero-order valence-electron chi connectivity index (χ0n) is 20.9. The standard InChI is InChI=1S/C26H21F3N4O6S/c1-38-21-11-14(7-9-18(21)30)15-8-10-19(22(12-15)39-2)32-33-20-13-23(40(35,36)37)16-5-3-4-6-17(16)24(20)31-25(34)26(27,28)29/h3-13H,30H2,1-2H3,(H,31,34)(H,35,36,37). The highest BCUT2D eigenvalue weighted by molar-refractivity contribution is 7.86. The molecular formula is C26H21F3N4O6S. The number of ether oxygens (including phenoxy) is 2. The molecule has 0 aliphatic heterocycles. The SMILES string of the molecule is COc1cc(-c2ccc(N=Nc3cc(S(=O)(=O)O)c4ccccc4c3NC(=O)C(F)(F)F)c(OC)c2)ccc1N. The minimum absolute atomic E-state index is 0.121. The lowest BCUT2D eigenvalue weighted by Gasteiger charge is -2.15. The first-order valence-electron chi connectivity index (χ1n) is 11.3. The predicted molar refractivity (Wildman–Crippen MR) is 142 cm³/mol. The second kappa shape index (κ2) is 10.8. The molecule has 0 spiro atoms. The first-order valence-corrected chi connectivity index (χ1v) is 12.7. The molecule has 4 aromatic carbocycles. The molecule has 0 fully saturated rings. The molecule has 0 radical (unpaired) electrons. The Morgan fingerprint density at radius 2 is 1.45 bits per heavy atom. The van der Waals surface area contributed by atoms with Crippen LogP contribution in [0.25, 0.3) is 21.9 Å². The number of benzene rings is 4. The molecule has 4 aromatic rings. The van der Waals surface area contributed by atoms with Gasteiger partial charge in [-0.05, 0) is 41.5 Å². The summed E-state index contributed by atoms with van der Waals surface area (Å²) < 4.78 is 83.9. The molecule has 0 heterocycles. The number of halogens is 3. The number of azo groups is 1. The van der Waals surface area contributed by atoms with E-state index in [-0.39, 0.29) is 22.2 Å². The Hall–Kier alpha value is -4.69. The molecule has 4 rings (SSSR count). The van der Waals surface area contributed by atoms with Crippen molar-refractivity contribution in [1.29, 1.82) is 0 Å². The van der Waals surface area contributed by atoms with Crippen molar-refractivity contribution in [2.45, 2.75) is 11.1 Å². The van der Waals surface area contributed by atoms with Crippen molar-refractivity contribution in [1.82, 2.24) is 0 Å². The maximum absolute atomic E-state index is 13.1. The molecule has 0 aliphatic carbocycles. The number of hydrogen-bond donors (Lipinski definition) is 3. The Morgan fingerprint density at radius 1 is 0.875 bits per heavy atom. The molecule has 4 N–H and O–H groups in total. The molecule has 40 heavy (non-hydrogen) atoms. The highest BCUT2D eigenvalue weighted by atomic mass is 32.2. The van der Waals surface area contributed by atoms with Crippen LogP contribution in [-0.4, -0.2) is 39.3 Å². The third-order valence-corrected chi connectivity index (χ3v) is 6.67. The van der Waals surface area contributed by atoms with E-state index >= 15 is 0 Å². The summed E-state index contributed by atoms with van der Waals surface area (Å²) in [5, 5.41) is 9.45. The summed E-state index contributed by atoms with van der Waals surface area (Å²) in [6.07, 6.45) is -5.25. The summed E-state index contributed by atoms with van der Waals surface area (Å²) >= 11 is 0. The van der Waals surface area contributed by atoms with Gasteiger partial charge < -0.3 is 20.5 Å². The molecule has 14 heteroatoms. The van der Waals surface area contributed by atoms with Gasteiger partial charge >= 0.3 is 12.1 Å². The minimum atomic E-state index is -5.25. The van der Waals surface area contributed by atoms with Crippen LogP contribution in [0.2, 0.25) is 0 Å². The normalized spacial score (nSPS) is 12.1. The molecule has 0 aliphatic rings. The number of hydrogen-bond acceptors (Lipinski definition) is 8. The van der Waals surface area contributed by atoms with Gasteiger partial charge in [-0.15, -0.1) is 10.2 Å². The maximum Gasteiger partial charge on any atom is 0.471 e. The van der Waals surface area contributed by atoms with Crippen molar-refractivity contribution in [2.24, 2.45) is 10.2 Å². The number of rotatable bonds is 7. The molecule has 1 amide bonds. The summed E-state index contributed by atoms with van der Waals surface area (Å²) in [6.45, 7) is 0. The molecule has 0 atom stereocenters. The first-order chi connectivity index (χ1) is 18.8. The Balaban J connectivity index is 1.85. The Labute approximate surface area is 226 Å². The number of carbonyl (C=O) groups excluding carboxylic acids is 1. The second-order valence-corrected chi connectivity index (χ2v) is 9.67. The molecule has 10 nitrogen and oxygen atoms in total. The van der Waals surface area contributed by atoms with Crippen molar-refractivity contribution in [3.63, 3.8) is 0 Å². The van der Waals surface area contributed by atoms with E-state index in [2.05, 4.69) is 10.2 Å². The Morgan fingerprint density at radius 3 is 2.05 bits per heavy atom. The van der Waals surface area contributed by atoms with Gasteiger partial charge in [0.25, 0.3) is 10.1 Å². The van der Waals surface area contributed by atoms with Gasteiger partial charge in [0.1, 0.15) is 27.8 Å². The molecule has 208 valence electrons. The second-order valence-electron chi connectivity index (χ2n) is 8.28. The van der Waals surface area contributed by atoms with Gasteiger partial charge in [0.05, 0.1) is 25.6 Å². The van der Waals surface area contributed by atoms with E-state index < -0.39 is 38.5 Å². The molecule has 0 saturated carbocycles. The van der Waals surface area contributed by atoms with Gasteiger partial charge in [0, 0.05) is 10.8 Å². The van der Waals surface area contributed by atoms with Crippen LogP contribution in [0.1, 0.15) is 0 Å². The average Bonchev–Trinajstić information content (AvgIpc) is 2.91. The van der Waals surface area contributed by atoms with E-state index in [0.29, 0.717) is 17.0 Å². The summed E-state index contributed by atoms with van der Waals surface area (Å²) in [5.74, 6) is -1.64. The Bertz CT molecular complexity index is 1760. The van der Waals surface area contributed by atoms with Crippen LogP contribution in [0, 0.1) is 0 Å². The van der Waals surface area contributed by atoms with E-state index in [9.17, 15) is 30.9 Å². The van der Waals surface area contributed by atoms with Crippen LogP contribution < -0.4 is 20.5 Å². The monoisotopic (exact) mass is 574 g/mol. The van der Waals surface area contributed by atoms with Crippen LogP contribution in [0.4, 0.5) is 35.9 Å². The van der Waals surface area contributed by atoms with Crippen molar-refractivity contribution in [2.75, 3.05) is 25.3 Å². The van der Waals surface area contributed by atoms with E-state index in [1.165, 1.54) is 44.6 Å². The van der Waals surface area contributed by atoms with Gasteiger partial charge in [-0.25, -0.2) is 0 Å². The van der Waals surface area contributed by atoms with Crippen molar-refractivity contribution in [3.05, 3.63) is 66.7 Å². The van der Waals surface area contributed by atoms with E-state index in [1.807, 2.05) is 0 Å². The maximum atomic E-state index is 13.1. The fourth-order valence-electron chi connectivity index (χ4n) is 3.87. The fraction of sp³-hybridized carbons (Fsp3) is 0.115. The van der Waals surface area contributed by atoms with Crippen LogP contribution >= 0.6 is 0 Å². The van der Waals surface area contributed by atoms with Crippen molar-refractivity contribution < 1.29 is 40.4 Å². The molecular weight excluding hydrogens is 553 g/mol. The fourth-order valence-corrected chi connectivity index (χ4v) is 4.59. The smallest absolute Gasteiger partial charge is 0.471 e. The number of carbonyl (C=O) groups is 1. The first kappa shape index (κ1) is 28.3. The van der Waals surface area contributed by atoms with E-state index in [0.717, 1.165) is 11.6 Å². The summed E-state index contributed by atoms with van der Waals surface area (Å²) in [7, 11) is -2.01. The lowest BCUT2D eigenvalue weighted by atomic mass is 10.0. The zero-order chi connectivity index (χ0) is 29.2. The summed E-state index contributed by atoms with van der Waals surface area (Å²) in [5.41, 5.74) is 6.94. The lowest BCUT2D eigenvalue weighted by molar-refractivity contribution is -0.167. The number of fused-ring (bicyclic) bond motifs is 1. The number of nitrogens with two attached hydrogens (primary N) is 1. The van der Waals surface area contributed by atoms with Crippen molar-refractivity contribution >= 4 is 49.5 Å². The molecule has 0 unspecified atom stereocenters. The third kappa shape index (κ3) is 5.82. The van der Waals surface area contributed by atoms with Crippen LogP contribution in [0.5, 0.6) is 11.5 Å². The number of alkyl halides is 3. The predicted octanol–water partition coefficient (Wildman–Crippen LogP) is 6.27. The van der Waals surface area contributed by atoms with Crippen LogP contribution in [0.15, 0.2) is 81.9 Å². The lowest BCUT2D eigenvalue weighted by Crippen LogP contribution is -2.30. The molecule has 0 bridgehead atoms. The van der Waals surface area contributed by atoms with Crippen LogP contribution in [-0.2, 0) is 14.9 Å². The van der Waals surface area contributed by atoms with Gasteiger partial charge in [0.15, 0.2) is 0 Å². The average molecular weight is 575 g/mol. The van der Waals surface area contributed by atoms with E-state index in [4.69, 9.17) is 15.2 Å². The number of amides is 1. The van der Waals surface area contributed by atoms with Crippen LogP contribution in [0.3, 0.4) is 0 Å². The van der Waals surface area contributed by atoms with Gasteiger partial charge in [-0.3, -0.25) is 9.35 Å². The third-order valence-electron chi connectivity index (χ3n) is 5.77. The number of nitrogens with zero attached hydrogens (tertiary/aromatic N) is 2. The minimum Gasteiger partial charge on any atom is -0.495 e. The van der Waals surface area contributed by atoms with Crippen molar-refractivity contribution in [3.8, 4) is 22.6 Å². The Kier molecular flexibility index (Phi) is 7.66. The summed E-state index contributed by atoms with van der Waals surface area (Å²) in [6, 6.07) is 16.1. The zero-order valence-corrected chi connectivity index (χ0v) is 21.7. The molecule has 0 aromatic heterocycles. The van der Waals surface area contributed by atoms with E-state index in [1.54, 1.807) is 35.6 Å². The topological polar surface area (TPSA) is 153 Å².